The van der Waals surface area contributed by atoms with E-state index in [1.807, 2.05) is 20.8 Å². The second-order valence-electron chi connectivity index (χ2n) is 14.4. The summed E-state index contributed by atoms with van der Waals surface area (Å²) in [6.07, 6.45) is 13.8. The van der Waals surface area contributed by atoms with Gasteiger partial charge in [-0.1, -0.05) is 138 Å². The number of benzene rings is 3. The molecule has 0 radical (unpaired) electrons. The minimum absolute atomic E-state index is 0.0819. The van der Waals surface area contributed by atoms with E-state index in [1.165, 1.54) is 63.5 Å². The minimum Gasteiger partial charge on any atom is -0.326 e. The number of hydrazine groups is 1. The van der Waals surface area contributed by atoms with Crippen LogP contribution in [-0.4, -0.2) is 29.6 Å². The fraction of sp³-hybridized carbons (Fsp3) is 0.450. The molecule has 0 aliphatic carbocycles. The molecule has 3 N–H and O–H groups in total. The van der Waals surface area contributed by atoms with Gasteiger partial charge >= 0.3 is 0 Å². The van der Waals surface area contributed by atoms with Crippen LogP contribution in [0.4, 0.5) is 28.4 Å². The number of hydrogen-bond acceptors (Lipinski definition) is 6. The number of nitrogens with zero attached hydrogens (tertiary/aromatic N) is 4. The maximum absolute atomic E-state index is 13.8. The molecule has 1 aliphatic rings. The predicted octanol–water partition coefficient (Wildman–Crippen LogP) is 12.7. The zero-order valence-electron chi connectivity index (χ0n) is 31.3. The van der Waals surface area contributed by atoms with E-state index in [0.717, 1.165) is 24.3 Å². The summed E-state index contributed by atoms with van der Waals surface area (Å²) in [4.78, 5) is 43.5. The molecule has 1 heterocycles. The minimum atomic E-state index is -1.23. The van der Waals surface area contributed by atoms with Crippen molar-refractivity contribution in [3.8, 4) is 0 Å². The van der Waals surface area contributed by atoms with Gasteiger partial charge in [-0.25, -0.2) is 10.0 Å². The Morgan fingerprint density at radius 1 is 0.759 bits per heavy atom. The molecule has 54 heavy (non-hydrogen) atoms. The highest BCUT2D eigenvalue weighted by Gasteiger charge is 2.41. The van der Waals surface area contributed by atoms with E-state index >= 15 is 0 Å². The maximum atomic E-state index is 13.8. The van der Waals surface area contributed by atoms with Gasteiger partial charge in [0, 0.05) is 28.2 Å². The first kappa shape index (κ1) is 43.0. The molecule has 1 saturated heterocycles. The van der Waals surface area contributed by atoms with Crippen molar-refractivity contribution in [2.45, 2.75) is 111 Å². The van der Waals surface area contributed by atoms with Gasteiger partial charge in [0.2, 0.25) is 17.9 Å². The lowest BCUT2D eigenvalue weighted by Crippen LogP contribution is -2.36. The summed E-state index contributed by atoms with van der Waals surface area (Å²) in [5, 5.41) is 16.3. The SMILES string of the molecule is CCCCCCCCCCCCCC(=O)Nc1ccc(N=C2NN(c3c(Cl)cc(Cl)cc3Cl)C(=O)C2N=Nc2ccc(NC(=O)C(C)(C)C)cc2)c(Cl)c1. The lowest BCUT2D eigenvalue weighted by atomic mass is 9.95. The zero-order valence-corrected chi connectivity index (χ0v) is 34.3. The Hall–Kier alpha value is -3.70. The monoisotopic (exact) mass is 815 g/mol. The molecule has 0 aromatic heterocycles. The second kappa shape index (κ2) is 20.8. The maximum Gasteiger partial charge on any atom is 0.280 e. The molecule has 1 unspecified atom stereocenters. The van der Waals surface area contributed by atoms with Gasteiger partial charge in [-0.15, -0.1) is 0 Å². The quantitative estimate of drug-likeness (QED) is 0.0872. The van der Waals surface area contributed by atoms with E-state index in [9.17, 15) is 14.4 Å². The summed E-state index contributed by atoms with van der Waals surface area (Å²) < 4.78 is 0. The largest absolute Gasteiger partial charge is 0.326 e. The predicted molar refractivity (Wildman–Crippen MR) is 223 cm³/mol. The van der Waals surface area contributed by atoms with Gasteiger partial charge in [0.1, 0.15) is 5.69 Å². The molecule has 0 bridgehead atoms. The molecular formula is C40H49Cl4N7O3. The number of unbranched alkanes of at least 4 members (excludes halogenated alkanes) is 10. The third-order valence-electron chi connectivity index (χ3n) is 8.72. The van der Waals surface area contributed by atoms with Crippen molar-refractivity contribution < 1.29 is 14.4 Å². The Kier molecular flexibility index (Phi) is 16.6. The number of azo groups is 1. The molecule has 0 spiro atoms. The molecule has 290 valence electrons. The lowest BCUT2D eigenvalue weighted by molar-refractivity contribution is -0.123. The number of anilines is 3. The lowest BCUT2D eigenvalue weighted by Gasteiger charge is -2.19. The molecule has 3 amide bonds. The van der Waals surface area contributed by atoms with E-state index in [-0.39, 0.29) is 38.4 Å². The molecule has 14 heteroatoms. The molecular weight excluding hydrogens is 768 g/mol. The van der Waals surface area contributed by atoms with Crippen LogP contribution in [0.1, 0.15) is 105 Å². The first-order chi connectivity index (χ1) is 25.8. The molecule has 10 nitrogen and oxygen atoms in total. The van der Waals surface area contributed by atoms with Gasteiger partial charge in [-0.05, 0) is 61.0 Å². The van der Waals surface area contributed by atoms with Crippen LogP contribution in [0.2, 0.25) is 20.1 Å². The van der Waals surface area contributed by atoms with E-state index in [2.05, 4.69) is 38.2 Å². The Bertz CT molecular complexity index is 1800. The van der Waals surface area contributed by atoms with Crippen molar-refractivity contribution in [3.05, 3.63) is 74.7 Å². The van der Waals surface area contributed by atoms with Gasteiger partial charge in [0.15, 0.2) is 5.84 Å². The van der Waals surface area contributed by atoms with Crippen molar-refractivity contribution >= 4 is 98.4 Å². The summed E-state index contributed by atoms with van der Waals surface area (Å²) >= 11 is 25.7. The first-order valence-electron chi connectivity index (χ1n) is 18.5. The Morgan fingerprint density at radius 3 is 1.91 bits per heavy atom. The van der Waals surface area contributed by atoms with E-state index < -0.39 is 17.4 Å². The third kappa shape index (κ3) is 13.0. The third-order valence-corrected chi connectivity index (χ3v) is 9.82. The van der Waals surface area contributed by atoms with E-state index in [1.54, 1.807) is 42.5 Å². The molecule has 1 atom stereocenters. The standard InChI is InChI=1S/C40H49Cl4N7O3/c1-5-6-7-8-9-10-11-12-13-14-15-16-34(52)45-29-21-22-33(30(42)25-29)47-37-35(38(53)51(50-37)36-31(43)23-26(41)24-32(36)44)49-48-28-19-17-27(18-20-28)46-39(54)40(2,3)4/h17-25,35H,5-16H2,1-4H3,(H,45,52)(H,46,54)(H,47,50). The van der Waals surface area contributed by atoms with Crippen LogP contribution in [0, 0.1) is 5.41 Å². The number of amides is 3. The molecule has 1 aliphatic heterocycles. The van der Waals surface area contributed by atoms with Crippen LogP contribution >= 0.6 is 46.4 Å². The first-order valence-corrected chi connectivity index (χ1v) is 20.0. The summed E-state index contributed by atoms with van der Waals surface area (Å²) in [5.74, 6) is -0.662. The van der Waals surface area contributed by atoms with Gasteiger partial charge in [-0.3, -0.25) is 19.8 Å². The fourth-order valence-electron chi connectivity index (χ4n) is 5.61. The number of amidine groups is 1. The number of halogens is 4. The van der Waals surface area contributed by atoms with Crippen molar-refractivity contribution in [1.82, 2.24) is 5.43 Å². The normalized spacial score (nSPS) is 15.3. The van der Waals surface area contributed by atoms with E-state index in [0.29, 0.717) is 34.2 Å². The van der Waals surface area contributed by atoms with Crippen LogP contribution in [0.5, 0.6) is 0 Å². The number of carbonyl (C=O) groups is 3. The Balaban J connectivity index is 1.43. The van der Waals surface area contributed by atoms with Crippen LogP contribution in [0.3, 0.4) is 0 Å². The van der Waals surface area contributed by atoms with Crippen molar-refractivity contribution in [2.24, 2.45) is 20.6 Å². The number of nitrogens with one attached hydrogen (secondary N) is 3. The highest BCUT2D eigenvalue weighted by Crippen LogP contribution is 2.38. The molecule has 3 aromatic rings. The second-order valence-corrected chi connectivity index (χ2v) is 16.0. The van der Waals surface area contributed by atoms with Crippen molar-refractivity contribution in [1.29, 1.82) is 0 Å². The Morgan fingerprint density at radius 2 is 1.33 bits per heavy atom. The van der Waals surface area contributed by atoms with Crippen LogP contribution in [0.15, 0.2) is 69.8 Å². The van der Waals surface area contributed by atoms with Crippen LogP contribution < -0.4 is 21.1 Å². The van der Waals surface area contributed by atoms with Gasteiger partial charge in [0.05, 0.1) is 26.4 Å². The summed E-state index contributed by atoms with van der Waals surface area (Å²) in [5.41, 5.74) is 4.45. The highest BCUT2D eigenvalue weighted by molar-refractivity contribution is 6.43. The van der Waals surface area contributed by atoms with Crippen molar-refractivity contribution in [2.75, 3.05) is 15.6 Å². The number of rotatable bonds is 18. The average molecular weight is 818 g/mol. The fourth-order valence-corrected chi connectivity index (χ4v) is 6.82. The number of aliphatic imine (C=N–C) groups is 1. The van der Waals surface area contributed by atoms with Gasteiger partial charge in [0.25, 0.3) is 5.91 Å². The molecule has 1 fully saturated rings. The van der Waals surface area contributed by atoms with Crippen LogP contribution in [-0.2, 0) is 14.4 Å². The average Bonchev–Trinajstić information content (AvgIpc) is 3.40. The smallest absolute Gasteiger partial charge is 0.280 e. The molecule has 0 saturated carbocycles. The van der Waals surface area contributed by atoms with Crippen LogP contribution in [0.25, 0.3) is 0 Å². The summed E-state index contributed by atoms with van der Waals surface area (Å²) in [7, 11) is 0. The molecule has 4 rings (SSSR count). The van der Waals surface area contributed by atoms with E-state index in [4.69, 9.17) is 46.4 Å². The number of carbonyl (C=O) groups excluding carboxylic acids is 3. The summed E-state index contributed by atoms with van der Waals surface area (Å²) in [6.45, 7) is 7.71. The molecule has 3 aromatic carbocycles. The zero-order chi connectivity index (χ0) is 39.3. The van der Waals surface area contributed by atoms with Gasteiger partial charge in [-0.2, -0.15) is 10.2 Å². The van der Waals surface area contributed by atoms with Gasteiger partial charge < -0.3 is 10.6 Å². The topological polar surface area (TPSA) is 128 Å². The number of hydrogen-bond donors (Lipinski definition) is 3. The summed E-state index contributed by atoms with van der Waals surface area (Å²) in [6, 6.07) is 13.4. The Labute approximate surface area is 338 Å². The highest BCUT2D eigenvalue weighted by atomic mass is 35.5. The van der Waals surface area contributed by atoms with Crippen molar-refractivity contribution in [3.63, 3.8) is 0 Å².